The topological polar surface area (TPSA) is 50.9 Å². The van der Waals surface area contributed by atoms with Gasteiger partial charge in [0, 0.05) is 27.9 Å². The molecule has 0 radical (unpaired) electrons. The Bertz CT molecular complexity index is 648. The second kappa shape index (κ2) is 6.15. The number of hydrogen-bond donors (Lipinski definition) is 2. The third kappa shape index (κ3) is 2.91. The lowest BCUT2D eigenvalue weighted by molar-refractivity contribution is 0.422. The molecule has 3 rings (SSSR count). The lowest BCUT2D eigenvalue weighted by atomic mass is 9.89. The minimum atomic E-state index is -0.0358. The molecule has 0 saturated carbocycles. The van der Waals surface area contributed by atoms with Crippen LogP contribution in [0.5, 0.6) is 0 Å². The van der Waals surface area contributed by atoms with Crippen molar-refractivity contribution in [3.05, 3.63) is 34.9 Å². The Morgan fingerprint density at radius 1 is 1.52 bits per heavy atom. The standard InChI is InChI=1S/C16H20BrN3S/c1-11-16(10-18,6-3-7-21-11)20-14-5-2-4-12-8-13(17)9-19-15(12)14/h2,4-5,8-9,11,20H,3,6-7,10,18H2,1H3. The molecule has 2 aromatic rings. The average Bonchev–Trinajstić information content (AvgIpc) is 2.49. The summed E-state index contributed by atoms with van der Waals surface area (Å²) in [5, 5.41) is 5.37. The van der Waals surface area contributed by atoms with Crippen molar-refractivity contribution in [3.8, 4) is 0 Å². The molecule has 0 amide bonds. The Kier molecular flexibility index (Phi) is 4.43. The maximum Gasteiger partial charge on any atom is 0.0934 e. The number of thioether (sulfide) groups is 1. The molecule has 2 atom stereocenters. The summed E-state index contributed by atoms with van der Waals surface area (Å²) in [4.78, 5) is 4.58. The summed E-state index contributed by atoms with van der Waals surface area (Å²) < 4.78 is 1.00. The van der Waals surface area contributed by atoms with Crippen LogP contribution in [0.4, 0.5) is 5.69 Å². The van der Waals surface area contributed by atoms with Gasteiger partial charge < -0.3 is 11.1 Å². The summed E-state index contributed by atoms with van der Waals surface area (Å²) in [5.41, 5.74) is 8.20. The fraction of sp³-hybridized carbons (Fsp3) is 0.438. The van der Waals surface area contributed by atoms with Crippen LogP contribution in [-0.2, 0) is 0 Å². The zero-order valence-electron chi connectivity index (χ0n) is 12.1. The van der Waals surface area contributed by atoms with E-state index in [-0.39, 0.29) is 5.54 Å². The van der Waals surface area contributed by atoms with Crippen LogP contribution in [0.25, 0.3) is 10.9 Å². The predicted octanol–water partition coefficient (Wildman–Crippen LogP) is 4.02. The van der Waals surface area contributed by atoms with Crippen LogP contribution in [-0.4, -0.2) is 28.1 Å². The molecule has 1 saturated heterocycles. The van der Waals surface area contributed by atoms with Gasteiger partial charge in [-0.3, -0.25) is 4.98 Å². The normalized spacial score (nSPS) is 26.0. The maximum atomic E-state index is 6.14. The smallest absolute Gasteiger partial charge is 0.0934 e. The number of halogens is 1. The molecule has 2 unspecified atom stereocenters. The van der Waals surface area contributed by atoms with Gasteiger partial charge in [0.05, 0.1) is 16.7 Å². The Morgan fingerprint density at radius 2 is 2.38 bits per heavy atom. The zero-order chi connectivity index (χ0) is 14.9. The van der Waals surface area contributed by atoms with Crippen molar-refractivity contribution in [1.29, 1.82) is 0 Å². The van der Waals surface area contributed by atoms with Crippen molar-refractivity contribution < 1.29 is 0 Å². The van der Waals surface area contributed by atoms with Crippen molar-refractivity contribution in [1.82, 2.24) is 4.98 Å². The number of benzene rings is 1. The van der Waals surface area contributed by atoms with Crippen LogP contribution < -0.4 is 11.1 Å². The quantitative estimate of drug-likeness (QED) is 0.862. The number of pyridine rings is 1. The first-order valence-corrected chi connectivity index (χ1v) is 9.13. The minimum Gasteiger partial charge on any atom is -0.375 e. The third-order valence-electron chi connectivity index (χ3n) is 4.34. The number of para-hydroxylation sites is 1. The highest BCUT2D eigenvalue weighted by Gasteiger charge is 2.37. The fourth-order valence-corrected chi connectivity index (χ4v) is 4.60. The first-order valence-electron chi connectivity index (χ1n) is 7.29. The molecule has 3 nitrogen and oxygen atoms in total. The maximum absolute atomic E-state index is 6.14. The van der Waals surface area contributed by atoms with E-state index in [0.717, 1.165) is 27.5 Å². The predicted molar refractivity (Wildman–Crippen MR) is 96.0 cm³/mol. The SMILES string of the molecule is CC1SCCCC1(CN)Nc1cccc2cc(Br)cnc12. The van der Waals surface area contributed by atoms with Gasteiger partial charge in [0.15, 0.2) is 0 Å². The molecule has 1 aliphatic rings. The summed E-state index contributed by atoms with van der Waals surface area (Å²) in [6.45, 7) is 2.92. The molecule has 5 heteroatoms. The van der Waals surface area contributed by atoms with E-state index < -0.39 is 0 Å². The van der Waals surface area contributed by atoms with E-state index in [0.29, 0.717) is 11.8 Å². The number of hydrogen-bond acceptors (Lipinski definition) is 4. The van der Waals surface area contributed by atoms with Gasteiger partial charge in [-0.25, -0.2) is 0 Å². The van der Waals surface area contributed by atoms with Crippen molar-refractivity contribution >= 4 is 44.3 Å². The molecule has 3 N–H and O–H groups in total. The minimum absolute atomic E-state index is 0.0358. The van der Waals surface area contributed by atoms with Crippen molar-refractivity contribution in [2.75, 3.05) is 17.6 Å². The van der Waals surface area contributed by atoms with Gasteiger partial charge in [-0.05, 0) is 46.7 Å². The molecule has 0 spiro atoms. The molecule has 0 aliphatic carbocycles. The van der Waals surface area contributed by atoms with Gasteiger partial charge in [-0.1, -0.05) is 19.1 Å². The van der Waals surface area contributed by atoms with Crippen LogP contribution >= 0.6 is 27.7 Å². The molecule has 112 valence electrons. The number of fused-ring (bicyclic) bond motifs is 1. The number of nitrogens with zero attached hydrogens (tertiary/aromatic N) is 1. The third-order valence-corrected chi connectivity index (χ3v) is 6.25. The van der Waals surface area contributed by atoms with Crippen molar-refractivity contribution in [2.24, 2.45) is 5.73 Å². The largest absolute Gasteiger partial charge is 0.375 e. The number of nitrogens with two attached hydrogens (primary N) is 1. The van der Waals surface area contributed by atoms with E-state index in [1.165, 1.54) is 12.2 Å². The van der Waals surface area contributed by atoms with Gasteiger partial charge in [0.25, 0.3) is 0 Å². The molecule has 1 aromatic carbocycles. The van der Waals surface area contributed by atoms with E-state index in [1.54, 1.807) is 0 Å². The summed E-state index contributed by atoms with van der Waals surface area (Å²) in [5.74, 6) is 1.23. The number of rotatable bonds is 3. The Balaban J connectivity index is 2.00. The summed E-state index contributed by atoms with van der Waals surface area (Å²) >= 11 is 5.49. The van der Waals surface area contributed by atoms with E-state index in [4.69, 9.17) is 5.73 Å². The highest BCUT2D eigenvalue weighted by atomic mass is 79.9. The Morgan fingerprint density at radius 3 is 3.14 bits per heavy atom. The Labute approximate surface area is 138 Å². The average molecular weight is 366 g/mol. The molecular formula is C16H20BrN3S. The first kappa shape index (κ1) is 15.1. The molecule has 21 heavy (non-hydrogen) atoms. The van der Waals surface area contributed by atoms with E-state index in [1.807, 2.05) is 18.0 Å². The number of aromatic nitrogens is 1. The van der Waals surface area contributed by atoms with Crippen LogP contribution in [0.1, 0.15) is 19.8 Å². The van der Waals surface area contributed by atoms with E-state index >= 15 is 0 Å². The molecule has 1 aliphatic heterocycles. The van der Waals surface area contributed by atoms with Gasteiger partial charge in [0.2, 0.25) is 0 Å². The molecule has 0 bridgehead atoms. The second-order valence-electron chi connectivity index (χ2n) is 5.63. The summed E-state index contributed by atoms with van der Waals surface area (Å²) in [7, 11) is 0. The highest BCUT2D eigenvalue weighted by Crippen LogP contribution is 2.37. The monoisotopic (exact) mass is 365 g/mol. The van der Waals surface area contributed by atoms with Crippen LogP contribution in [0, 0.1) is 0 Å². The number of nitrogens with one attached hydrogen (secondary N) is 1. The summed E-state index contributed by atoms with van der Waals surface area (Å²) in [6, 6.07) is 8.37. The molecule has 1 fully saturated rings. The van der Waals surface area contributed by atoms with Crippen LogP contribution in [0.15, 0.2) is 34.9 Å². The lowest BCUT2D eigenvalue weighted by Gasteiger charge is -2.43. The molecular weight excluding hydrogens is 346 g/mol. The van der Waals surface area contributed by atoms with Gasteiger partial charge in [-0.2, -0.15) is 11.8 Å². The second-order valence-corrected chi connectivity index (χ2v) is 8.00. The first-order chi connectivity index (χ1) is 10.1. The lowest BCUT2D eigenvalue weighted by Crippen LogP contribution is -2.54. The molecule has 1 aromatic heterocycles. The fourth-order valence-electron chi connectivity index (χ4n) is 3.00. The van der Waals surface area contributed by atoms with Gasteiger partial charge in [-0.15, -0.1) is 0 Å². The van der Waals surface area contributed by atoms with E-state index in [2.05, 4.69) is 57.4 Å². The van der Waals surface area contributed by atoms with Crippen molar-refractivity contribution in [2.45, 2.75) is 30.6 Å². The van der Waals surface area contributed by atoms with E-state index in [9.17, 15) is 0 Å². The Hall–Kier alpha value is -0.780. The summed E-state index contributed by atoms with van der Waals surface area (Å²) in [6.07, 6.45) is 4.18. The molecule has 2 heterocycles. The van der Waals surface area contributed by atoms with Gasteiger partial charge >= 0.3 is 0 Å². The highest BCUT2D eigenvalue weighted by molar-refractivity contribution is 9.10. The zero-order valence-corrected chi connectivity index (χ0v) is 14.5. The number of anilines is 1. The van der Waals surface area contributed by atoms with Crippen molar-refractivity contribution in [3.63, 3.8) is 0 Å². The van der Waals surface area contributed by atoms with Crippen LogP contribution in [0.2, 0.25) is 0 Å². The van der Waals surface area contributed by atoms with Crippen LogP contribution in [0.3, 0.4) is 0 Å². The van der Waals surface area contributed by atoms with Gasteiger partial charge in [0.1, 0.15) is 0 Å².